The molecule has 3 aromatic rings. The topological polar surface area (TPSA) is 682 Å². The fourth-order valence-electron chi connectivity index (χ4n) is 11.7. The molecule has 4 rings (SSSR count). The number of rotatable bonds is 35. The van der Waals surface area contributed by atoms with E-state index in [1.54, 1.807) is 30.5 Å². The third kappa shape index (κ3) is 33.7. The number of aliphatic carboxylic acids is 4. The molecule has 0 spiro atoms. The highest BCUT2D eigenvalue weighted by Crippen LogP contribution is 2.21. The van der Waals surface area contributed by atoms with Crippen LogP contribution in [0, 0.1) is 5.92 Å². The summed E-state index contributed by atoms with van der Waals surface area (Å²) < 4.78 is 5.68. The van der Waals surface area contributed by atoms with Crippen LogP contribution in [0.5, 0.6) is 0 Å². The quantitative estimate of drug-likeness (QED) is 0.0115. The Morgan fingerprint density at radius 2 is 1.03 bits per heavy atom. The van der Waals surface area contributed by atoms with Crippen LogP contribution < -0.4 is 86.3 Å². The summed E-state index contributed by atoms with van der Waals surface area (Å²) in [5.74, 6) is -26.8. The number of esters is 1. The minimum atomic E-state index is -2.42. The van der Waals surface area contributed by atoms with Crippen LogP contribution in [0.3, 0.4) is 0 Å². The van der Waals surface area contributed by atoms with Crippen LogP contribution in [-0.2, 0) is 102 Å². The minimum absolute atomic E-state index is 0.0134. The summed E-state index contributed by atoms with van der Waals surface area (Å²) in [5, 5.41) is 68.5. The molecule has 1 aromatic heterocycles. The van der Waals surface area contributed by atoms with Crippen LogP contribution in [0.25, 0.3) is 10.9 Å². The number of fused-ring (bicyclic) bond motifs is 1. The number of carbonyl (C=O) groups excluding carboxylic acids is 16. The normalized spacial score (nSPS) is 20.9. The Balaban J connectivity index is 1.83. The molecular weight excluding hydrogens is 1510 g/mol. The number of para-hydroxylation sites is 2. The molecule has 42 nitrogen and oxygen atoms in total. The van der Waals surface area contributed by atoms with Gasteiger partial charge in [-0.2, -0.15) is 0 Å². The van der Waals surface area contributed by atoms with Gasteiger partial charge in [-0.15, -0.1) is 0 Å². The second kappa shape index (κ2) is 47.6. The number of aromatic nitrogens is 1. The lowest BCUT2D eigenvalue weighted by molar-refractivity contribution is -0.156. The van der Waals surface area contributed by atoms with Crippen LogP contribution in [-0.4, -0.2) is 236 Å². The Hall–Kier alpha value is -12.7. The molecule has 0 bridgehead atoms. The van der Waals surface area contributed by atoms with E-state index in [9.17, 15) is 116 Å². The number of primary amides is 1. The molecule has 1 saturated heterocycles. The first-order chi connectivity index (χ1) is 54.3. The Morgan fingerprint density at radius 1 is 0.513 bits per heavy atom. The average Bonchev–Trinajstić information content (AvgIpc) is 1.74. The number of nitrogens with one attached hydrogen (secondary N) is 14. The van der Waals surface area contributed by atoms with Crippen molar-refractivity contribution in [3.63, 3.8) is 0 Å². The number of cyclic esters (lactones) is 1. The van der Waals surface area contributed by atoms with Gasteiger partial charge in [-0.05, 0) is 82.7 Å². The number of ether oxygens (including phenoxy) is 1. The summed E-state index contributed by atoms with van der Waals surface area (Å²) in [5.41, 5.74) is 18.1. The molecule has 1 aliphatic rings. The lowest BCUT2D eigenvalue weighted by Gasteiger charge is -2.29. The molecule has 1 fully saturated rings. The van der Waals surface area contributed by atoms with E-state index in [0.717, 1.165) is 52.9 Å². The summed E-state index contributed by atoms with van der Waals surface area (Å²) in [6, 6.07) is -9.66. The van der Waals surface area contributed by atoms with Gasteiger partial charge in [0.05, 0.1) is 38.8 Å². The van der Waals surface area contributed by atoms with E-state index >= 15 is 0 Å². The van der Waals surface area contributed by atoms with Crippen molar-refractivity contribution in [3.8, 4) is 0 Å². The van der Waals surface area contributed by atoms with Gasteiger partial charge in [-0.1, -0.05) is 82.7 Å². The minimum Gasteiger partial charge on any atom is -0.481 e. The van der Waals surface area contributed by atoms with Crippen LogP contribution in [0.15, 0.2) is 54.7 Å². The van der Waals surface area contributed by atoms with E-state index in [1.165, 1.54) is 24.3 Å². The van der Waals surface area contributed by atoms with Gasteiger partial charge in [0.15, 0.2) is 5.78 Å². The lowest BCUT2D eigenvalue weighted by Crippen LogP contribution is -2.61. The molecule has 12 unspecified atom stereocenters. The van der Waals surface area contributed by atoms with Crippen molar-refractivity contribution in [2.45, 2.75) is 223 Å². The highest BCUT2D eigenvalue weighted by atomic mass is 16.5. The molecule has 2 aromatic carbocycles. The van der Waals surface area contributed by atoms with E-state index < -0.39 is 249 Å². The molecule has 630 valence electrons. The zero-order chi connectivity index (χ0) is 85.8. The van der Waals surface area contributed by atoms with E-state index in [1.807, 2.05) is 5.32 Å². The van der Waals surface area contributed by atoms with Gasteiger partial charge in [0, 0.05) is 54.0 Å². The largest absolute Gasteiger partial charge is 0.481 e. The van der Waals surface area contributed by atoms with Crippen molar-refractivity contribution in [1.82, 2.24) is 74.1 Å². The maximum absolute atomic E-state index is 14.8. The first kappa shape index (κ1) is 94.7. The van der Waals surface area contributed by atoms with Gasteiger partial charge in [0.25, 0.3) is 0 Å². The molecule has 0 saturated carbocycles. The fourth-order valence-corrected chi connectivity index (χ4v) is 11.7. The number of nitrogen functional groups attached to an aromatic ring is 1. The predicted molar refractivity (Wildman–Crippen MR) is 403 cm³/mol. The number of amides is 14. The number of benzene rings is 2. The SMILES string of the molecule is CC(C)CCCCCCCCC(=O)NC(Cc1c[nH]c2ccccc12)C(=O)NC(CC(N)=O)C(=O)NC(CC(=O)O)C(=O)NC1C(=O)NCC(=O)NC(CCCN)C(=O)NC(CC(=O)O)C(=O)NC(C)C(=O)NC(CC(=O)O)C(=O)NCC(=O)NC(C)C(=O)NC(CCC(=O)O)C(=O)NC(CC(=O)c2ccccc2N)C(=O)OC1C. The van der Waals surface area contributed by atoms with Crippen LogP contribution in [0.2, 0.25) is 0 Å². The molecule has 115 heavy (non-hydrogen) atoms. The highest BCUT2D eigenvalue weighted by Gasteiger charge is 2.40. The average molecular weight is 1620 g/mol. The van der Waals surface area contributed by atoms with Gasteiger partial charge in [0.2, 0.25) is 82.7 Å². The monoisotopic (exact) mass is 1620 g/mol. The molecule has 1 aliphatic heterocycles. The molecule has 14 amide bonds. The molecule has 42 heteroatoms. The number of hydrogen-bond acceptors (Lipinski definition) is 23. The molecule has 0 radical (unpaired) electrons. The van der Waals surface area contributed by atoms with E-state index in [0.29, 0.717) is 35.2 Å². The van der Waals surface area contributed by atoms with E-state index in [2.05, 4.69) is 82.6 Å². The summed E-state index contributed by atoms with van der Waals surface area (Å²) in [6.07, 6.45) is -2.75. The molecular formula is C73H103N17O25. The smallest absolute Gasteiger partial charge is 0.329 e. The van der Waals surface area contributed by atoms with Crippen molar-refractivity contribution in [1.29, 1.82) is 0 Å². The number of aromatic amines is 1. The Labute approximate surface area is 659 Å². The third-order valence-electron chi connectivity index (χ3n) is 17.9. The van der Waals surface area contributed by atoms with Gasteiger partial charge < -0.3 is 116 Å². The van der Waals surface area contributed by atoms with Crippen molar-refractivity contribution >= 4 is 135 Å². The van der Waals surface area contributed by atoms with Crippen molar-refractivity contribution in [3.05, 3.63) is 65.9 Å². The van der Waals surface area contributed by atoms with Gasteiger partial charge >= 0.3 is 29.8 Å². The number of carboxylic acid groups (broad SMARTS) is 4. The number of ketones is 1. The number of carboxylic acids is 4. The van der Waals surface area contributed by atoms with Gasteiger partial charge in [-0.25, -0.2) is 4.79 Å². The maximum atomic E-state index is 14.8. The van der Waals surface area contributed by atoms with Crippen LogP contribution in [0.1, 0.15) is 160 Å². The molecule has 0 aliphatic carbocycles. The number of hydrogen-bond donors (Lipinski definition) is 21. The second-order valence-corrected chi connectivity index (χ2v) is 27.8. The van der Waals surface area contributed by atoms with Crippen molar-refractivity contribution in [2.75, 3.05) is 25.4 Å². The first-order valence-electron chi connectivity index (χ1n) is 37.1. The number of Topliss-reactive ketones (excluding diaryl/α,β-unsaturated/α-hetero) is 1. The van der Waals surface area contributed by atoms with Gasteiger partial charge in [0.1, 0.15) is 72.6 Å². The first-order valence-corrected chi connectivity index (χ1v) is 37.1. The lowest BCUT2D eigenvalue weighted by atomic mass is 10.0. The molecule has 2 heterocycles. The summed E-state index contributed by atoms with van der Waals surface area (Å²) in [7, 11) is 0. The summed E-state index contributed by atoms with van der Waals surface area (Å²) >= 11 is 0. The van der Waals surface area contributed by atoms with Crippen LogP contribution >= 0.6 is 0 Å². The standard InChI is InChI=1S/C73H103N17O25/c1-36(2)17-10-8-6-7-9-11-23-55(93)83-47(27-40-33-77-44-21-15-13-18-41(40)44)69(110)86-48(29-54(76)92)70(111)88-51(32-61(102)103)71(112)90-62-39(5)115-73(114)52(28-53(91)42-19-12-14-20-43(42)75)89-67(108)46(24-25-58(96)97)84-63(104)37(3)80-56(94)34-78-65(106)49(30-59(98)99)85-64(105)38(4)81-68(109)50(31-60(100)101)87-66(107)45(22-16-26-74)82-57(95)35-79-72(62)113/h12-15,18-21,33,36-39,45-52,62,77H,6-11,16-17,22-32,34-35,74-75H2,1-5H3,(H2,76,92)(H,78,106)(H,79,113)(H,80,94)(H,81,109)(H,82,95)(H,83,93)(H,84,104)(H,85,105)(H,86,110)(H,87,107)(H,88,111)(H,89,108)(H,90,112)(H,96,97)(H,98,99)(H,100,101)(H,102,103). The summed E-state index contributed by atoms with van der Waals surface area (Å²) in [4.78, 5) is 275. The van der Waals surface area contributed by atoms with E-state index in [4.69, 9.17) is 21.9 Å². The second-order valence-electron chi connectivity index (χ2n) is 27.8. The highest BCUT2D eigenvalue weighted by molar-refractivity contribution is 6.05. The fraction of sp³-hybridized carbons (Fsp3) is 0.534. The van der Waals surface area contributed by atoms with E-state index in [-0.39, 0.29) is 43.5 Å². The van der Waals surface area contributed by atoms with Crippen molar-refractivity contribution < 1.29 is 121 Å². The molecule has 24 N–H and O–H groups in total. The zero-order valence-electron chi connectivity index (χ0n) is 64.1. The zero-order valence-corrected chi connectivity index (χ0v) is 64.1. The Kier molecular flexibility index (Phi) is 39.2. The number of anilines is 1. The van der Waals surface area contributed by atoms with Gasteiger partial charge in [-0.3, -0.25) is 91.1 Å². The Bertz CT molecular complexity index is 4040. The predicted octanol–water partition coefficient (Wildman–Crippen LogP) is -4.20. The number of unbranched alkanes of at least 4 members (excludes halogenated alkanes) is 5. The molecule has 12 atom stereocenters. The number of H-pyrrole nitrogens is 1. The Morgan fingerprint density at radius 3 is 1.63 bits per heavy atom. The number of carbonyl (C=O) groups is 20. The summed E-state index contributed by atoms with van der Waals surface area (Å²) in [6.45, 7) is 4.75. The van der Waals surface area contributed by atoms with Crippen molar-refractivity contribution in [2.24, 2.45) is 17.4 Å². The maximum Gasteiger partial charge on any atom is 0.329 e. The third-order valence-corrected chi connectivity index (χ3v) is 17.9. The van der Waals surface area contributed by atoms with Crippen LogP contribution in [0.4, 0.5) is 5.69 Å². The number of nitrogens with two attached hydrogens (primary N) is 3.